The highest BCUT2D eigenvalue weighted by molar-refractivity contribution is 5.99. The molecule has 2 aromatic carbocycles. The van der Waals surface area contributed by atoms with E-state index in [1.165, 1.54) is 45.5 Å². The third kappa shape index (κ3) is 3.44. The van der Waals surface area contributed by atoms with Crippen molar-refractivity contribution < 1.29 is 9.59 Å². The minimum absolute atomic E-state index is 0.0880. The topological polar surface area (TPSA) is 82.3 Å². The van der Waals surface area contributed by atoms with Gasteiger partial charge in [-0.3, -0.25) is 14.4 Å². The molecule has 0 bridgehead atoms. The van der Waals surface area contributed by atoms with Crippen LogP contribution in [0.3, 0.4) is 0 Å². The van der Waals surface area contributed by atoms with Gasteiger partial charge < -0.3 is 15.2 Å². The minimum atomic E-state index is -0.337. The third-order valence-corrected chi connectivity index (χ3v) is 4.84. The first-order valence-electron chi connectivity index (χ1n) is 8.96. The van der Waals surface area contributed by atoms with Crippen LogP contribution in [0.2, 0.25) is 0 Å². The Labute approximate surface area is 161 Å². The molecular formula is C22H19N3O3. The molecular weight excluding hydrogens is 354 g/mol. The van der Waals surface area contributed by atoms with Crippen molar-refractivity contribution >= 4 is 17.5 Å². The van der Waals surface area contributed by atoms with E-state index in [0.717, 1.165) is 6.42 Å². The van der Waals surface area contributed by atoms with Crippen LogP contribution in [-0.2, 0) is 11.2 Å². The van der Waals surface area contributed by atoms with Crippen molar-refractivity contribution in [3.05, 3.63) is 87.8 Å². The average molecular weight is 373 g/mol. The van der Waals surface area contributed by atoms with Crippen molar-refractivity contribution in [1.82, 2.24) is 9.88 Å². The van der Waals surface area contributed by atoms with Gasteiger partial charge >= 0.3 is 0 Å². The summed E-state index contributed by atoms with van der Waals surface area (Å²) in [4.78, 5) is 39.6. The highest BCUT2D eigenvalue weighted by atomic mass is 16.2. The average Bonchev–Trinajstić information content (AvgIpc) is 3.05. The van der Waals surface area contributed by atoms with Crippen LogP contribution in [0.5, 0.6) is 0 Å². The molecule has 4 rings (SSSR count). The molecule has 140 valence electrons. The van der Waals surface area contributed by atoms with Crippen LogP contribution in [-0.4, -0.2) is 35.3 Å². The molecule has 1 heterocycles. The normalized spacial score (nSPS) is 11.5. The number of amides is 2. The number of nitrogens with one attached hydrogen (secondary N) is 2. The second-order valence-electron chi connectivity index (χ2n) is 6.86. The number of hydrogen-bond acceptors (Lipinski definition) is 3. The fraction of sp³-hybridized carbons (Fsp3) is 0.136. The van der Waals surface area contributed by atoms with Gasteiger partial charge in [-0.05, 0) is 46.9 Å². The van der Waals surface area contributed by atoms with E-state index in [4.69, 9.17) is 0 Å². The van der Waals surface area contributed by atoms with Gasteiger partial charge in [0.05, 0.1) is 12.1 Å². The molecule has 0 saturated heterocycles. The van der Waals surface area contributed by atoms with E-state index in [1.807, 2.05) is 30.3 Å². The number of carbonyl (C=O) groups is 2. The van der Waals surface area contributed by atoms with Gasteiger partial charge in [0.1, 0.15) is 0 Å². The molecule has 0 aliphatic heterocycles. The Morgan fingerprint density at radius 2 is 1.82 bits per heavy atom. The molecule has 2 amide bonds. The predicted octanol–water partition coefficient (Wildman–Crippen LogP) is 2.66. The number of fused-ring (bicyclic) bond motifs is 3. The zero-order chi connectivity index (χ0) is 19.7. The second-order valence-corrected chi connectivity index (χ2v) is 6.86. The highest BCUT2D eigenvalue weighted by Gasteiger charge is 2.19. The van der Waals surface area contributed by atoms with Gasteiger partial charge in [0.15, 0.2) is 0 Å². The van der Waals surface area contributed by atoms with Crippen LogP contribution in [0.25, 0.3) is 11.1 Å². The lowest BCUT2D eigenvalue weighted by atomic mass is 10.1. The lowest BCUT2D eigenvalue weighted by Crippen LogP contribution is -2.35. The molecule has 28 heavy (non-hydrogen) atoms. The molecule has 0 radical (unpaired) electrons. The third-order valence-electron chi connectivity index (χ3n) is 4.84. The molecule has 0 saturated carbocycles. The van der Waals surface area contributed by atoms with Gasteiger partial charge in [0.2, 0.25) is 11.5 Å². The number of H-pyrrole nitrogens is 1. The van der Waals surface area contributed by atoms with Crippen molar-refractivity contribution in [2.24, 2.45) is 0 Å². The molecule has 2 N–H and O–H groups in total. The zero-order valence-corrected chi connectivity index (χ0v) is 15.4. The van der Waals surface area contributed by atoms with Crippen molar-refractivity contribution in [2.75, 3.05) is 18.9 Å². The molecule has 1 aliphatic rings. The number of benzene rings is 2. The molecule has 6 nitrogen and oxygen atoms in total. The maximum atomic E-state index is 12.4. The van der Waals surface area contributed by atoms with E-state index in [1.54, 1.807) is 7.05 Å². The summed E-state index contributed by atoms with van der Waals surface area (Å²) in [6, 6.07) is 16.9. The molecule has 1 aromatic heterocycles. The summed E-state index contributed by atoms with van der Waals surface area (Å²) in [5.41, 5.74) is 5.65. The van der Waals surface area contributed by atoms with Crippen LogP contribution < -0.4 is 10.9 Å². The number of likely N-dealkylation sites (N-methyl/N-ethyl adjacent to an activating group) is 1. The number of carbonyl (C=O) groups excluding carboxylic acids is 2. The van der Waals surface area contributed by atoms with Crippen molar-refractivity contribution in [3.63, 3.8) is 0 Å². The van der Waals surface area contributed by atoms with E-state index >= 15 is 0 Å². The summed E-state index contributed by atoms with van der Waals surface area (Å²) in [6.45, 7) is -0.0880. The van der Waals surface area contributed by atoms with E-state index in [2.05, 4.69) is 22.4 Å². The van der Waals surface area contributed by atoms with Crippen LogP contribution in [0, 0.1) is 0 Å². The summed E-state index contributed by atoms with van der Waals surface area (Å²) < 4.78 is 0. The summed E-state index contributed by atoms with van der Waals surface area (Å²) in [5, 5.41) is 2.85. The maximum absolute atomic E-state index is 12.4. The first-order chi connectivity index (χ1) is 13.5. The summed E-state index contributed by atoms with van der Waals surface area (Å²) >= 11 is 0. The van der Waals surface area contributed by atoms with Crippen molar-refractivity contribution in [2.45, 2.75) is 6.42 Å². The van der Waals surface area contributed by atoms with E-state index in [0.29, 0.717) is 11.3 Å². The Morgan fingerprint density at radius 1 is 1.04 bits per heavy atom. The SMILES string of the molecule is CN(CC(=O)Nc1ccc2c(c1)Cc1ccccc1-2)C(=O)c1ccc(=O)[nH]c1. The Hall–Kier alpha value is -3.67. The summed E-state index contributed by atoms with van der Waals surface area (Å²) in [7, 11) is 1.55. The quantitative estimate of drug-likeness (QED) is 0.577. The number of aromatic amines is 1. The summed E-state index contributed by atoms with van der Waals surface area (Å²) in [5.74, 6) is -0.619. The van der Waals surface area contributed by atoms with Gasteiger partial charge in [-0.2, -0.15) is 0 Å². The van der Waals surface area contributed by atoms with Crippen molar-refractivity contribution in [1.29, 1.82) is 0 Å². The number of pyridine rings is 1. The molecule has 6 heteroatoms. The smallest absolute Gasteiger partial charge is 0.255 e. The van der Waals surface area contributed by atoms with Crippen LogP contribution >= 0.6 is 0 Å². The van der Waals surface area contributed by atoms with E-state index in [9.17, 15) is 14.4 Å². The number of nitrogens with zero attached hydrogens (tertiary/aromatic N) is 1. The fourth-order valence-corrected chi connectivity index (χ4v) is 3.47. The predicted molar refractivity (Wildman–Crippen MR) is 107 cm³/mol. The molecule has 0 unspecified atom stereocenters. The number of anilines is 1. The Balaban J connectivity index is 1.42. The highest BCUT2D eigenvalue weighted by Crippen LogP contribution is 2.37. The minimum Gasteiger partial charge on any atom is -0.332 e. The Bertz CT molecular complexity index is 1110. The molecule has 0 spiro atoms. The zero-order valence-electron chi connectivity index (χ0n) is 15.4. The van der Waals surface area contributed by atoms with Crippen LogP contribution in [0.1, 0.15) is 21.5 Å². The second kappa shape index (κ2) is 7.15. The number of aromatic nitrogens is 1. The van der Waals surface area contributed by atoms with Crippen LogP contribution in [0.15, 0.2) is 65.6 Å². The van der Waals surface area contributed by atoms with Gasteiger partial charge in [-0.15, -0.1) is 0 Å². The van der Waals surface area contributed by atoms with Gasteiger partial charge in [0, 0.05) is 25.0 Å². The first-order valence-corrected chi connectivity index (χ1v) is 8.96. The van der Waals surface area contributed by atoms with Crippen molar-refractivity contribution in [3.8, 4) is 11.1 Å². The first kappa shape index (κ1) is 17.7. The van der Waals surface area contributed by atoms with E-state index in [-0.39, 0.29) is 23.9 Å². The van der Waals surface area contributed by atoms with Gasteiger partial charge in [-0.25, -0.2) is 0 Å². The Kier molecular flexibility index (Phi) is 4.53. The van der Waals surface area contributed by atoms with E-state index < -0.39 is 0 Å². The lowest BCUT2D eigenvalue weighted by molar-refractivity contribution is -0.116. The number of rotatable bonds is 4. The molecule has 0 fully saturated rings. The largest absolute Gasteiger partial charge is 0.332 e. The maximum Gasteiger partial charge on any atom is 0.255 e. The van der Waals surface area contributed by atoms with Crippen LogP contribution in [0.4, 0.5) is 5.69 Å². The van der Waals surface area contributed by atoms with Gasteiger partial charge in [0.25, 0.3) is 5.91 Å². The number of hydrogen-bond donors (Lipinski definition) is 2. The molecule has 3 aromatic rings. The monoisotopic (exact) mass is 373 g/mol. The molecule has 1 aliphatic carbocycles. The summed E-state index contributed by atoms with van der Waals surface area (Å²) in [6.07, 6.45) is 2.19. The fourth-order valence-electron chi connectivity index (χ4n) is 3.47. The van der Waals surface area contributed by atoms with Gasteiger partial charge in [-0.1, -0.05) is 30.3 Å². The standard InChI is InChI=1S/C22H19N3O3/c1-25(22(28)15-6-9-20(26)23-12-15)13-21(27)24-17-7-8-19-16(11-17)10-14-4-2-3-5-18(14)19/h2-9,11-12H,10,13H2,1H3,(H,23,26)(H,24,27). The Morgan fingerprint density at radius 3 is 2.61 bits per heavy atom. The molecule has 0 atom stereocenters. The lowest BCUT2D eigenvalue weighted by Gasteiger charge is -2.17.